The maximum Gasteiger partial charge on any atom is 0.239 e. The van der Waals surface area contributed by atoms with E-state index in [0.717, 1.165) is 45.1 Å². The lowest BCUT2D eigenvalue weighted by Crippen LogP contribution is -2.41. The van der Waals surface area contributed by atoms with Crippen molar-refractivity contribution in [2.24, 2.45) is 5.41 Å². The van der Waals surface area contributed by atoms with Crippen molar-refractivity contribution in [2.45, 2.75) is 45.4 Å². The number of amides is 2. The molecule has 4 heteroatoms. The number of hydrogen-bond donors (Lipinski definition) is 1. The van der Waals surface area contributed by atoms with Gasteiger partial charge in [-0.05, 0) is 25.7 Å². The molecule has 1 saturated carbocycles. The molecule has 1 aliphatic carbocycles. The van der Waals surface area contributed by atoms with Crippen molar-refractivity contribution >= 4 is 11.8 Å². The third-order valence-electron chi connectivity index (χ3n) is 3.86. The Hall–Kier alpha value is -1.06. The highest BCUT2D eigenvalue weighted by Gasteiger charge is 2.50. The summed E-state index contributed by atoms with van der Waals surface area (Å²) in [4.78, 5) is 25.7. The standard InChI is InChI=1S/C13H22N2O2/c1-2-3-5-13(6-7-13)12(17)15-9-4-8-14-11(16)10-15/h2-10H2,1H3,(H,14,16). The fourth-order valence-electron chi connectivity index (χ4n) is 2.55. The van der Waals surface area contributed by atoms with Gasteiger partial charge in [-0.25, -0.2) is 0 Å². The molecule has 0 spiro atoms. The molecule has 0 unspecified atom stereocenters. The second kappa shape index (κ2) is 5.07. The lowest BCUT2D eigenvalue weighted by molar-refractivity contribution is -0.140. The largest absolute Gasteiger partial charge is 0.354 e. The maximum absolute atomic E-state index is 12.4. The summed E-state index contributed by atoms with van der Waals surface area (Å²) in [5, 5.41) is 2.81. The van der Waals surface area contributed by atoms with E-state index >= 15 is 0 Å². The minimum absolute atomic E-state index is 0.0119. The zero-order valence-corrected chi connectivity index (χ0v) is 10.6. The molecule has 2 aliphatic rings. The molecule has 96 valence electrons. The summed E-state index contributed by atoms with van der Waals surface area (Å²) < 4.78 is 0. The lowest BCUT2D eigenvalue weighted by atomic mass is 9.97. The molecule has 0 radical (unpaired) electrons. The first kappa shape index (κ1) is 12.4. The Morgan fingerprint density at radius 3 is 2.88 bits per heavy atom. The van der Waals surface area contributed by atoms with Crippen LogP contribution in [0.1, 0.15) is 45.4 Å². The van der Waals surface area contributed by atoms with Crippen LogP contribution in [0.2, 0.25) is 0 Å². The zero-order valence-electron chi connectivity index (χ0n) is 10.6. The molecule has 0 bridgehead atoms. The Morgan fingerprint density at radius 2 is 2.24 bits per heavy atom. The van der Waals surface area contributed by atoms with Gasteiger partial charge in [-0.15, -0.1) is 0 Å². The first-order chi connectivity index (χ1) is 8.18. The summed E-state index contributed by atoms with van der Waals surface area (Å²) >= 11 is 0. The molecule has 0 atom stereocenters. The zero-order chi connectivity index (χ0) is 12.3. The van der Waals surface area contributed by atoms with Gasteiger partial charge in [0.1, 0.15) is 0 Å². The molecule has 0 aromatic rings. The van der Waals surface area contributed by atoms with Crippen LogP contribution in [0.3, 0.4) is 0 Å². The van der Waals surface area contributed by atoms with Crippen LogP contribution in [0.25, 0.3) is 0 Å². The third kappa shape index (κ3) is 2.79. The quantitative estimate of drug-likeness (QED) is 0.802. The van der Waals surface area contributed by atoms with E-state index in [2.05, 4.69) is 12.2 Å². The second-order valence-corrected chi connectivity index (χ2v) is 5.31. The van der Waals surface area contributed by atoms with E-state index in [4.69, 9.17) is 0 Å². The summed E-state index contributed by atoms with van der Waals surface area (Å²) in [6, 6.07) is 0. The first-order valence-corrected chi connectivity index (χ1v) is 6.74. The highest BCUT2D eigenvalue weighted by Crippen LogP contribution is 2.51. The minimum atomic E-state index is -0.0966. The number of unbranched alkanes of at least 4 members (excludes halogenated alkanes) is 1. The van der Waals surface area contributed by atoms with Gasteiger partial charge in [0.25, 0.3) is 0 Å². The molecule has 1 heterocycles. The van der Waals surface area contributed by atoms with Crippen LogP contribution in [-0.2, 0) is 9.59 Å². The third-order valence-corrected chi connectivity index (χ3v) is 3.86. The number of carbonyl (C=O) groups is 2. The van der Waals surface area contributed by atoms with Crippen LogP contribution in [-0.4, -0.2) is 36.3 Å². The molecule has 0 aromatic carbocycles. The number of nitrogens with zero attached hydrogens (tertiary/aromatic N) is 1. The van der Waals surface area contributed by atoms with Crippen molar-refractivity contribution in [3.63, 3.8) is 0 Å². The van der Waals surface area contributed by atoms with Crippen LogP contribution in [0.4, 0.5) is 0 Å². The Kier molecular flexibility index (Phi) is 3.69. The minimum Gasteiger partial charge on any atom is -0.354 e. The number of rotatable bonds is 4. The van der Waals surface area contributed by atoms with Gasteiger partial charge < -0.3 is 10.2 Å². The van der Waals surface area contributed by atoms with Crippen molar-refractivity contribution < 1.29 is 9.59 Å². The van der Waals surface area contributed by atoms with E-state index in [-0.39, 0.29) is 23.8 Å². The molecule has 2 rings (SSSR count). The van der Waals surface area contributed by atoms with Gasteiger partial charge >= 0.3 is 0 Å². The molecule has 2 amide bonds. The highest BCUT2D eigenvalue weighted by atomic mass is 16.2. The van der Waals surface area contributed by atoms with Crippen molar-refractivity contribution in [1.82, 2.24) is 10.2 Å². The van der Waals surface area contributed by atoms with E-state index in [1.165, 1.54) is 0 Å². The predicted octanol–water partition coefficient (Wildman–Crippen LogP) is 1.31. The van der Waals surface area contributed by atoms with Crippen LogP contribution in [0.5, 0.6) is 0 Å². The van der Waals surface area contributed by atoms with E-state index in [0.29, 0.717) is 6.54 Å². The molecular weight excluding hydrogens is 216 g/mol. The summed E-state index contributed by atoms with van der Waals surface area (Å²) in [6.45, 7) is 3.84. The molecule has 1 aliphatic heterocycles. The van der Waals surface area contributed by atoms with E-state index in [1.807, 2.05) is 0 Å². The Morgan fingerprint density at radius 1 is 1.47 bits per heavy atom. The van der Waals surface area contributed by atoms with Gasteiger partial charge in [-0.1, -0.05) is 19.8 Å². The topological polar surface area (TPSA) is 49.4 Å². The smallest absolute Gasteiger partial charge is 0.239 e. The van der Waals surface area contributed by atoms with Gasteiger partial charge in [0.05, 0.1) is 6.54 Å². The number of nitrogens with one attached hydrogen (secondary N) is 1. The Bertz CT molecular complexity index is 311. The van der Waals surface area contributed by atoms with Crippen molar-refractivity contribution in [2.75, 3.05) is 19.6 Å². The number of hydrogen-bond acceptors (Lipinski definition) is 2. The number of carbonyl (C=O) groups excluding carboxylic acids is 2. The van der Waals surface area contributed by atoms with E-state index in [9.17, 15) is 9.59 Å². The SMILES string of the molecule is CCCCC1(C(=O)N2CCCNC(=O)C2)CC1. The predicted molar refractivity (Wildman–Crippen MR) is 65.4 cm³/mol. The Balaban J connectivity index is 1.96. The molecule has 2 fully saturated rings. The first-order valence-electron chi connectivity index (χ1n) is 6.74. The normalized spacial score (nSPS) is 22.9. The molecule has 4 nitrogen and oxygen atoms in total. The Labute approximate surface area is 103 Å². The van der Waals surface area contributed by atoms with E-state index in [1.54, 1.807) is 4.90 Å². The summed E-state index contributed by atoms with van der Waals surface area (Å²) in [5.41, 5.74) is -0.0966. The van der Waals surface area contributed by atoms with Gasteiger partial charge in [0.15, 0.2) is 0 Å². The summed E-state index contributed by atoms with van der Waals surface area (Å²) in [7, 11) is 0. The van der Waals surface area contributed by atoms with Crippen LogP contribution in [0.15, 0.2) is 0 Å². The molecule has 1 N–H and O–H groups in total. The van der Waals surface area contributed by atoms with E-state index < -0.39 is 0 Å². The molecule has 17 heavy (non-hydrogen) atoms. The van der Waals surface area contributed by atoms with Crippen molar-refractivity contribution in [3.05, 3.63) is 0 Å². The van der Waals surface area contributed by atoms with Crippen LogP contribution in [0, 0.1) is 5.41 Å². The maximum atomic E-state index is 12.4. The van der Waals surface area contributed by atoms with Crippen molar-refractivity contribution in [1.29, 1.82) is 0 Å². The van der Waals surface area contributed by atoms with Crippen LogP contribution >= 0.6 is 0 Å². The summed E-state index contributed by atoms with van der Waals surface area (Å²) in [6.07, 6.45) is 6.16. The molecule has 1 saturated heterocycles. The van der Waals surface area contributed by atoms with Gasteiger partial charge in [0.2, 0.25) is 11.8 Å². The highest BCUT2D eigenvalue weighted by molar-refractivity contribution is 5.89. The second-order valence-electron chi connectivity index (χ2n) is 5.31. The molecule has 0 aromatic heterocycles. The lowest BCUT2D eigenvalue weighted by Gasteiger charge is -2.25. The molecular formula is C13H22N2O2. The van der Waals surface area contributed by atoms with Gasteiger partial charge in [0, 0.05) is 18.5 Å². The average Bonchev–Trinajstić information content (AvgIpc) is 3.11. The fraction of sp³-hybridized carbons (Fsp3) is 0.846. The van der Waals surface area contributed by atoms with Crippen molar-refractivity contribution in [3.8, 4) is 0 Å². The van der Waals surface area contributed by atoms with Gasteiger partial charge in [-0.3, -0.25) is 9.59 Å². The monoisotopic (exact) mass is 238 g/mol. The fourth-order valence-corrected chi connectivity index (χ4v) is 2.55. The van der Waals surface area contributed by atoms with Gasteiger partial charge in [-0.2, -0.15) is 0 Å². The average molecular weight is 238 g/mol. The summed E-state index contributed by atoms with van der Waals surface area (Å²) in [5.74, 6) is 0.213. The van der Waals surface area contributed by atoms with Crippen LogP contribution < -0.4 is 5.32 Å².